The van der Waals surface area contributed by atoms with E-state index in [9.17, 15) is 4.79 Å². The molecule has 6 heteroatoms. The normalized spacial score (nSPS) is 9.92. The first-order valence-corrected chi connectivity index (χ1v) is 4.47. The number of carbonyl (C=O) groups is 1. The minimum atomic E-state index is -0.380. The Bertz CT molecular complexity index is 277. The van der Waals surface area contributed by atoms with E-state index in [0.717, 1.165) is 0 Å². The topological polar surface area (TPSA) is 57.0 Å². The fourth-order valence-corrected chi connectivity index (χ4v) is 1.41. The lowest BCUT2D eigenvalue weighted by Crippen LogP contribution is -2.11. The van der Waals surface area contributed by atoms with Crippen LogP contribution in [-0.4, -0.2) is 27.6 Å². The zero-order valence-electron chi connectivity index (χ0n) is 6.74. The molecule has 5 nitrogen and oxygen atoms in total. The van der Waals surface area contributed by atoms with Crippen LogP contribution in [0.15, 0.2) is 0 Å². The van der Waals surface area contributed by atoms with E-state index in [4.69, 9.17) is 4.74 Å². The molecule has 0 spiro atoms. The zero-order chi connectivity index (χ0) is 9.14. The summed E-state index contributed by atoms with van der Waals surface area (Å²) in [5.74, 6) is -0.380. The van der Waals surface area contributed by atoms with Crippen molar-refractivity contribution in [2.75, 3.05) is 6.61 Å². The van der Waals surface area contributed by atoms with Crippen molar-refractivity contribution < 1.29 is 9.53 Å². The highest BCUT2D eigenvalue weighted by Crippen LogP contribution is 2.08. The van der Waals surface area contributed by atoms with Crippen LogP contribution in [0.1, 0.15) is 17.4 Å². The molecule has 0 bridgehead atoms. The Kier molecular flexibility index (Phi) is 3.01. The fraction of sp³-hybridized carbons (Fsp3) is 0.500. The molecule has 0 aliphatic rings. The molecule has 1 rings (SSSR count). The summed E-state index contributed by atoms with van der Waals surface area (Å²) in [5.41, 5.74) is 0.400. The van der Waals surface area contributed by atoms with Crippen LogP contribution in [0.5, 0.6) is 0 Å². The number of hydrogen-bond donors (Lipinski definition) is 0. The summed E-state index contributed by atoms with van der Waals surface area (Å²) in [5, 5.41) is 7.40. The zero-order valence-corrected chi connectivity index (χ0v) is 8.90. The van der Waals surface area contributed by atoms with Crippen LogP contribution in [0.2, 0.25) is 0 Å². The van der Waals surface area contributed by atoms with Crippen molar-refractivity contribution in [3.63, 3.8) is 0 Å². The third-order valence-corrected chi connectivity index (χ3v) is 1.98. The van der Waals surface area contributed by atoms with Crippen LogP contribution in [0.3, 0.4) is 0 Å². The molecular formula is C6H8IN3O2. The first-order valence-electron chi connectivity index (χ1n) is 3.39. The number of aromatic nitrogens is 3. The van der Waals surface area contributed by atoms with Gasteiger partial charge in [-0.05, 0) is 29.5 Å². The predicted molar refractivity (Wildman–Crippen MR) is 49.7 cm³/mol. The summed E-state index contributed by atoms with van der Waals surface area (Å²) in [6.07, 6.45) is 0. The number of halogens is 1. The number of nitrogens with zero attached hydrogens (tertiary/aromatic N) is 3. The van der Waals surface area contributed by atoms with Crippen LogP contribution in [0.4, 0.5) is 0 Å². The van der Waals surface area contributed by atoms with E-state index in [1.54, 1.807) is 14.0 Å². The maximum atomic E-state index is 11.2. The Morgan fingerprint density at radius 1 is 1.75 bits per heavy atom. The van der Waals surface area contributed by atoms with Gasteiger partial charge in [0.05, 0.1) is 6.61 Å². The Labute approximate surface area is 83.2 Å². The number of carbonyl (C=O) groups excluding carboxylic acids is 1. The summed E-state index contributed by atoms with van der Waals surface area (Å²) in [6, 6.07) is 0. The molecule has 0 aliphatic heterocycles. The van der Waals surface area contributed by atoms with Gasteiger partial charge in [-0.25, -0.2) is 9.48 Å². The number of aryl methyl sites for hydroxylation is 1. The molecule has 0 N–H and O–H groups in total. The molecular weight excluding hydrogens is 273 g/mol. The van der Waals surface area contributed by atoms with E-state index in [1.807, 2.05) is 22.6 Å². The Hall–Kier alpha value is -0.660. The second kappa shape index (κ2) is 3.83. The molecule has 0 saturated carbocycles. The molecule has 12 heavy (non-hydrogen) atoms. The number of rotatable bonds is 2. The third kappa shape index (κ3) is 1.74. The lowest BCUT2D eigenvalue weighted by atomic mass is 10.5. The quantitative estimate of drug-likeness (QED) is 0.588. The first-order chi connectivity index (χ1) is 5.66. The van der Waals surface area contributed by atoms with Gasteiger partial charge >= 0.3 is 5.97 Å². The molecule has 0 aromatic carbocycles. The van der Waals surface area contributed by atoms with E-state index in [2.05, 4.69) is 10.3 Å². The van der Waals surface area contributed by atoms with Gasteiger partial charge in [-0.3, -0.25) is 0 Å². The van der Waals surface area contributed by atoms with Gasteiger partial charge in [0.2, 0.25) is 0 Å². The van der Waals surface area contributed by atoms with E-state index < -0.39 is 0 Å². The van der Waals surface area contributed by atoms with Crippen LogP contribution in [-0.2, 0) is 11.8 Å². The largest absolute Gasteiger partial charge is 0.461 e. The number of ether oxygens (including phenoxy) is 1. The number of esters is 1. The molecule has 0 radical (unpaired) electrons. The first kappa shape index (κ1) is 9.43. The van der Waals surface area contributed by atoms with Gasteiger partial charge in [-0.1, -0.05) is 5.21 Å². The standard InChI is InChI=1S/C6H8IN3O2/c1-3-12-6(11)4-5(7)8-9-10(4)2/h3H2,1-2H3. The molecule has 0 saturated heterocycles. The van der Waals surface area contributed by atoms with Gasteiger partial charge in [0.15, 0.2) is 9.39 Å². The average molecular weight is 281 g/mol. The highest BCUT2D eigenvalue weighted by Gasteiger charge is 2.17. The second-order valence-corrected chi connectivity index (χ2v) is 3.09. The molecule has 0 amide bonds. The van der Waals surface area contributed by atoms with Crippen molar-refractivity contribution in [3.8, 4) is 0 Å². The van der Waals surface area contributed by atoms with Crippen LogP contribution in [0.25, 0.3) is 0 Å². The van der Waals surface area contributed by atoms with E-state index in [-0.39, 0.29) is 5.97 Å². The van der Waals surface area contributed by atoms with Gasteiger partial charge in [0.25, 0.3) is 0 Å². The lowest BCUT2D eigenvalue weighted by molar-refractivity contribution is 0.0512. The summed E-state index contributed by atoms with van der Waals surface area (Å²) in [4.78, 5) is 11.2. The van der Waals surface area contributed by atoms with E-state index in [1.165, 1.54) is 4.68 Å². The molecule has 0 aliphatic carbocycles. The Morgan fingerprint density at radius 2 is 2.42 bits per heavy atom. The maximum Gasteiger partial charge on any atom is 0.359 e. The summed E-state index contributed by atoms with van der Waals surface area (Å²) in [7, 11) is 1.65. The van der Waals surface area contributed by atoms with Crippen LogP contribution < -0.4 is 0 Å². The second-order valence-electron chi connectivity index (χ2n) is 2.07. The van der Waals surface area contributed by atoms with Gasteiger partial charge in [0, 0.05) is 7.05 Å². The minimum absolute atomic E-state index is 0.361. The molecule has 0 atom stereocenters. The average Bonchev–Trinajstić information content (AvgIpc) is 2.32. The summed E-state index contributed by atoms with van der Waals surface area (Å²) >= 11 is 1.94. The van der Waals surface area contributed by atoms with Gasteiger partial charge in [-0.2, -0.15) is 0 Å². The third-order valence-electron chi connectivity index (χ3n) is 1.25. The van der Waals surface area contributed by atoms with Crippen molar-refractivity contribution in [2.45, 2.75) is 6.92 Å². The molecule has 1 heterocycles. The summed E-state index contributed by atoms with van der Waals surface area (Å²) < 4.78 is 6.77. The monoisotopic (exact) mass is 281 g/mol. The van der Waals surface area contributed by atoms with E-state index >= 15 is 0 Å². The number of hydrogen-bond acceptors (Lipinski definition) is 4. The molecule has 0 fully saturated rings. The highest BCUT2D eigenvalue weighted by atomic mass is 127. The highest BCUT2D eigenvalue weighted by molar-refractivity contribution is 14.1. The van der Waals surface area contributed by atoms with Crippen molar-refractivity contribution in [1.29, 1.82) is 0 Å². The van der Waals surface area contributed by atoms with Crippen molar-refractivity contribution >= 4 is 28.6 Å². The maximum absolute atomic E-state index is 11.2. The summed E-state index contributed by atoms with van der Waals surface area (Å²) in [6.45, 7) is 2.12. The van der Waals surface area contributed by atoms with E-state index in [0.29, 0.717) is 16.0 Å². The minimum Gasteiger partial charge on any atom is -0.461 e. The van der Waals surface area contributed by atoms with Gasteiger partial charge in [-0.15, -0.1) is 5.10 Å². The Morgan fingerprint density at radius 3 is 2.83 bits per heavy atom. The van der Waals surface area contributed by atoms with Crippen molar-refractivity contribution in [3.05, 3.63) is 9.39 Å². The lowest BCUT2D eigenvalue weighted by Gasteiger charge is -2.00. The smallest absolute Gasteiger partial charge is 0.359 e. The molecule has 0 unspecified atom stereocenters. The van der Waals surface area contributed by atoms with Gasteiger partial charge < -0.3 is 4.74 Å². The van der Waals surface area contributed by atoms with Crippen molar-refractivity contribution in [2.24, 2.45) is 7.05 Å². The van der Waals surface area contributed by atoms with Crippen LogP contribution >= 0.6 is 22.6 Å². The molecule has 1 aromatic rings. The Balaban J connectivity index is 2.93. The molecule has 66 valence electrons. The fourth-order valence-electron chi connectivity index (χ4n) is 0.748. The van der Waals surface area contributed by atoms with Crippen LogP contribution in [0, 0.1) is 3.70 Å². The van der Waals surface area contributed by atoms with Crippen molar-refractivity contribution in [1.82, 2.24) is 15.0 Å². The van der Waals surface area contributed by atoms with Gasteiger partial charge in [0.1, 0.15) is 0 Å². The SMILES string of the molecule is CCOC(=O)c1c(I)nnn1C. The predicted octanol–water partition coefficient (Wildman–Crippen LogP) is 0.596. The molecule has 1 aromatic heterocycles.